The average Bonchev–Trinajstić information content (AvgIpc) is 3.79. The fourth-order valence-electron chi connectivity index (χ4n) is 10.2. The van der Waals surface area contributed by atoms with Gasteiger partial charge in [-0.25, -0.2) is 21.9 Å². The number of rotatable bonds is 9. The molecule has 3 aliphatic carbocycles. The molecule has 2 N–H and O–H groups in total. The van der Waals surface area contributed by atoms with Gasteiger partial charge in [0.2, 0.25) is 27.4 Å². The largest absolute Gasteiger partial charge is 0.420 e. The molecule has 0 radical (unpaired) electrons. The zero-order valence-electron chi connectivity index (χ0n) is 30.2. The molecule has 6 atom stereocenters. The van der Waals surface area contributed by atoms with E-state index < -0.39 is 106 Å². The van der Waals surface area contributed by atoms with Gasteiger partial charge in [-0.3, -0.25) is 13.5 Å². The number of ether oxygens (including phenoxy) is 2. The molecule has 3 saturated carbocycles. The van der Waals surface area contributed by atoms with Crippen molar-refractivity contribution in [1.29, 1.82) is 0 Å². The van der Waals surface area contributed by atoms with Crippen LogP contribution in [0.1, 0.15) is 131 Å². The van der Waals surface area contributed by atoms with Gasteiger partial charge in [-0.05, 0) is 73.0 Å². The van der Waals surface area contributed by atoms with Gasteiger partial charge in [0.05, 0.1) is 12.1 Å². The molecule has 6 unspecified atom stereocenters. The molecule has 0 spiro atoms. The Hall–Kier alpha value is -2.68. The summed E-state index contributed by atoms with van der Waals surface area (Å²) in [6.45, 7) is 0. The van der Waals surface area contributed by atoms with Gasteiger partial charge in [0.1, 0.15) is 28.3 Å². The number of halogens is 4. The summed E-state index contributed by atoms with van der Waals surface area (Å²) in [5.41, 5.74) is 2.45. The van der Waals surface area contributed by atoms with E-state index in [1.54, 1.807) is 0 Å². The summed E-state index contributed by atoms with van der Waals surface area (Å²) < 4.78 is 166. The third-order valence-electron chi connectivity index (χ3n) is 12.8. The standard InChI is InChI=1S/C37H43F4NO11S3/c38-25-27(40)36(55(46,47)48)28(41)26(39)31(25)52-37(43)24-30-32(29-33(51-30)35(24)54(44,45)42-29)53-56(49,50)34-22(19-12-6-2-7-13-19)16-21(18-10-4-1-5-11-18)17-23(34)20-14-8-3-9-15-20/h16-20,24,29-30,32-33,35,42H,1-15H2,(H,46,47,48). The number of esters is 1. The van der Waals surface area contributed by atoms with Crippen molar-refractivity contribution in [2.45, 2.75) is 153 Å². The number of fused-ring (bicyclic) bond motifs is 1. The van der Waals surface area contributed by atoms with Gasteiger partial charge in [-0.2, -0.15) is 25.6 Å². The minimum atomic E-state index is -5.83. The quantitative estimate of drug-likeness (QED) is 0.0715. The van der Waals surface area contributed by atoms with Gasteiger partial charge in [0, 0.05) is 0 Å². The smallest absolute Gasteiger partial charge is 0.318 e. The molecule has 0 amide bonds. The van der Waals surface area contributed by atoms with E-state index in [-0.39, 0.29) is 22.6 Å². The number of carbonyl (C=O) groups is 1. The van der Waals surface area contributed by atoms with Gasteiger partial charge in [0.15, 0.2) is 16.5 Å². The zero-order chi connectivity index (χ0) is 39.9. The van der Waals surface area contributed by atoms with Gasteiger partial charge in [-0.15, -0.1) is 0 Å². The van der Waals surface area contributed by atoms with E-state index in [1.807, 2.05) is 12.1 Å². The molecular formula is C37H43F4NO11S3. The van der Waals surface area contributed by atoms with Crippen LogP contribution in [0.4, 0.5) is 17.6 Å². The lowest BCUT2D eigenvalue weighted by Gasteiger charge is -2.33. The fraction of sp³-hybridized carbons (Fsp3) is 0.649. The van der Waals surface area contributed by atoms with E-state index in [0.29, 0.717) is 11.1 Å². The van der Waals surface area contributed by atoms with E-state index in [4.69, 9.17) is 18.2 Å². The van der Waals surface area contributed by atoms with Crippen LogP contribution >= 0.6 is 0 Å². The van der Waals surface area contributed by atoms with Gasteiger partial charge >= 0.3 is 16.1 Å². The maximum Gasteiger partial charge on any atom is 0.318 e. The Labute approximate surface area is 323 Å². The summed E-state index contributed by atoms with van der Waals surface area (Å²) in [6, 6.07) is 2.76. The Morgan fingerprint density at radius 2 is 1.20 bits per heavy atom. The first-order valence-electron chi connectivity index (χ1n) is 19.3. The van der Waals surface area contributed by atoms with Crippen LogP contribution in [0, 0.1) is 29.2 Å². The van der Waals surface area contributed by atoms with Crippen molar-refractivity contribution in [1.82, 2.24) is 4.72 Å². The Morgan fingerprint density at radius 3 is 1.68 bits per heavy atom. The zero-order valence-corrected chi connectivity index (χ0v) is 32.7. The molecule has 3 saturated heterocycles. The number of sulfonamides is 1. The molecule has 3 heterocycles. The first-order valence-corrected chi connectivity index (χ1v) is 23.7. The number of benzene rings is 2. The monoisotopic (exact) mass is 849 g/mol. The van der Waals surface area contributed by atoms with Crippen molar-refractivity contribution in [3.05, 3.63) is 52.1 Å². The summed E-state index contributed by atoms with van der Waals surface area (Å²) >= 11 is 0. The molecule has 6 fully saturated rings. The summed E-state index contributed by atoms with van der Waals surface area (Å²) in [4.78, 5) is 11.3. The molecule has 308 valence electrons. The van der Waals surface area contributed by atoms with Crippen LogP contribution in [0.25, 0.3) is 0 Å². The summed E-state index contributed by atoms with van der Waals surface area (Å²) in [7, 11) is -15.1. The van der Waals surface area contributed by atoms with Crippen LogP contribution in [-0.2, 0) is 44.0 Å². The second-order valence-electron chi connectivity index (χ2n) is 16.1. The molecule has 3 aliphatic heterocycles. The van der Waals surface area contributed by atoms with Crippen molar-refractivity contribution in [2.75, 3.05) is 0 Å². The maximum absolute atomic E-state index is 14.9. The number of hydrogen-bond donors (Lipinski definition) is 2. The Bertz CT molecular complexity index is 2190. The molecule has 6 aliphatic rings. The van der Waals surface area contributed by atoms with E-state index in [2.05, 4.69) is 4.72 Å². The average molecular weight is 850 g/mol. The van der Waals surface area contributed by atoms with Crippen molar-refractivity contribution in [3.8, 4) is 5.75 Å². The van der Waals surface area contributed by atoms with Gasteiger partial charge in [0.25, 0.3) is 10.1 Å². The van der Waals surface area contributed by atoms with Crippen LogP contribution < -0.4 is 9.46 Å². The molecule has 56 heavy (non-hydrogen) atoms. The first-order chi connectivity index (χ1) is 26.5. The Kier molecular flexibility index (Phi) is 10.6. The third kappa shape index (κ3) is 6.89. The van der Waals surface area contributed by atoms with Gasteiger partial charge in [-0.1, -0.05) is 69.9 Å². The Morgan fingerprint density at radius 1 is 0.714 bits per heavy atom. The lowest BCUT2D eigenvalue weighted by atomic mass is 9.76. The molecule has 8 rings (SSSR count). The highest BCUT2D eigenvalue weighted by Crippen LogP contribution is 2.51. The SMILES string of the molecule is O=C(Oc1c(F)c(F)c(S(=O)(=O)O)c(F)c1F)C1C2OC3C(NS(=O)(=O)C31)C2OS(=O)(=O)c1c(C2CCCCC2)cc(C2CCCCC2)cc1C1CCCCC1. The van der Waals surface area contributed by atoms with Gasteiger partial charge < -0.3 is 9.47 Å². The van der Waals surface area contributed by atoms with Crippen LogP contribution in [0.15, 0.2) is 21.9 Å². The summed E-state index contributed by atoms with van der Waals surface area (Å²) in [5.74, 6) is -15.9. The molecule has 0 aromatic heterocycles. The van der Waals surface area contributed by atoms with Crippen molar-refractivity contribution < 1.29 is 65.8 Å². The predicted octanol–water partition coefficient (Wildman–Crippen LogP) is 6.38. The molecular weight excluding hydrogens is 807 g/mol. The fourth-order valence-corrected chi connectivity index (χ4v) is 14.5. The predicted molar refractivity (Wildman–Crippen MR) is 189 cm³/mol. The summed E-state index contributed by atoms with van der Waals surface area (Å²) in [5, 5.41) is -1.77. The number of carbonyl (C=O) groups excluding carboxylic acids is 1. The van der Waals surface area contributed by atoms with Crippen molar-refractivity contribution >= 4 is 36.2 Å². The molecule has 19 heteroatoms. The maximum atomic E-state index is 14.9. The molecule has 2 bridgehead atoms. The van der Waals surface area contributed by atoms with E-state index in [9.17, 15) is 47.6 Å². The second kappa shape index (κ2) is 14.9. The molecule has 12 nitrogen and oxygen atoms in total. The lowest BCUT2D eigenvalue weighted by molar-refractivity contribution is -0.142. The highest BCUT2D eigenvalue weighted by atomic mass is 32.2. The second-order valence-corrected chi connectivity index (χ2v) is 20.8. The number of nitrogens with one attached hydrogen (secondary N) is 1. The van der Waals surface area contributed by atoms with Crippen LogP contribution in [-0.4, -0.2) is 65.4 Å². The minimum Gasteiger partial charge on any atom is -0.420 e. The topological polar surface area (TPSA) is 179 Å². The molecule has 2 aromatic rings. The normalized spacial score (nSPS) is 29.9. The molecule has 2 aromatic carbocycles. The van der Waals surface area contributed by atoms with Crippen molar-refractivity contribution in [3.63, 3.8) is 0 Å². The minimum absolute atomic E-state index is 0.0455. The van der Waals surface area contributed by atoms with Crippen molar-refractivity contribution in [2.24, 2.45) is 5.92 Å². The Balaban J connectivity index is 1.18. The van der Waals surface area contributed by atoms with E-state index in [0.717, 1.165) is 102 Å². The van der Waals surface area contributed by atoms with E-state index >= 15 is 0 Å². The first kappa shape index (κ1) is 40.1. The number of hydrogen-bond acceptors (Lipinski definition) is 10. The lowest BCUT2D eigenvalue weighted by Crippen LogP contribution is -2.51. The van der Waals surface area contributed by atoms with Crippen LogP contribution in [0.5, 0.6) is 5.75 Å². The van der Waals surface area contributed by atoms with Crippen LogP contribution in [0.2, 0.25) is 0 Å². The third-order valence-corrected chi connectivity index (χ3v) is 17.0. The summed E-state index contributed by atoms with van der Waals surface area (Å²) in [6.07, 6.45) is 9.37. The van der Waals surface area contributed by atoms with E-state index in [1.165, 1.54) is 0 Å². The highest BCUT2D eigenvalue weighted by Gasteiger charge is 2.72. The highest BCUT2D eigenvalue weighted by molar-refractivity contribution is 7.90. The van der Waals surface area contributed by atoms with Crippen LogP contribution in [0.3, 0.4) is 0 Å².